The minimum absolute atomic E-state index is 0.225. The van der Waals surface area contributed by atoms with Crippen molar-refractivity contribution in [3.8, 4) is 11.5 Å². The number of alkyl halides is 3. The summed E-state index contributed by atoms with van der Waals surface area (Å²) >= 11 is 7.74. The molecule has 2 aromatic rings. The largest absolute Gasteiger partial charge is 0.456 e. The molecule has 4 rings (SSSR count). The molecule has 1 aromatic carbocycles. The number of pyridine rings is 1. The number of allylic oxidation sites excluding steroid dienone is 2. The molecule has 0 atom stereocenters. The van der Waals surface area contributed by atoms with E-state index in [0.717, 1.165) is 41.5 Å². The lowest BCUT2D eigenvalue weighted by atomic mass is 10.0. The monoisotopic (exact) mass is 423 g/mol. The van der Waals surface area contributed by atoms with Gasteiger partial charge in [-0.2, -0.15) is 17.6 Å². The lowest BCUT2D eigenvalue weighted by Gasteiger charge is -2.30. The summed E-state index contributed by atoms with van der Waals surface area (Å²) in [6.07, 6.45) is 0.297. The molecule has 0 saturated heterocycles. The van der Waals surface area contributed by atoms with Crippen LogP contribution < -0.4 is 4.74 Å². The van der Waals surface area contributed by atoms with Crippen LogP contribution in [0.5, 0.6) is 11.5 Å². The van der Waals surface area contributed by atoms with Crippen LogP contribution in [0, 0.1) is 0 Å². The second-order valence-corrected chi connectivity index (χ2v) is 7.30. The standard InChI is InChI=1S/C19H13ClF3N3OS/c20-13-9-16(18-25-28-8-7-26(18)11-13)12-1-3-14(4-2-12)27-15-5-6-17(24-10-15)19(21,22)23/h1-6,9-11H,7-8H2. The van der Waals surface area contributed by atoms with E-state index in [-0.39, 0.29) is 5.75 Å². The number of fused-ring (bicyclic) bond motifs is 1. The number of amidine groups is 1. The molecule has 0 saturated carbocycles. The second-order valence-electron chi connectivity index (χ2n) is 6.02. The summed E-state index contributed by atoms with van der Waals surface area (Å²) in [5, 5.41) is 0.622. The molecule has 0 spiro atoms. The molecule has 2 aliphatic rings. The normalized spacial score (nSPS) is 16.7. The smallest absolute Gasteiger partial charge is 0.433 e. The fourth-order valence-electron chi connectivity index (χ4n) is 2.78. The van der Waals surface area contributed by atoms with Crippen molar-refractivity contribution >= 4 is 35.0 Å². The molecule has 0 bridgehead atoms. The van der Waals surface area contributed by atoms with Crippen LogP contribution in [0.15, 0.2) is 64.3 Å². The van der Waals surface area contributed by atoms with Gasteiger partial charge < -0.3 is 9.64 Å². The highest BCUT2D eigenvalue weighted by atomic mass is 35.5. The Morgan fingerprint density at radius 1 is 1.07 bits per heavy atom. The van der Waals surface area contributed by atoms with Crippen molar-refractivity contribution in [1.82, 2.24) is 9.88 Å². The van der Waals surface area contributed by atoms with Gasteiger partial charge in [0.25, 0.3) is 0 Å². The molecular weight excluding hydrogens is 411 g/mol. The quantitative estimate of drug-likeness (QED) is 0.591. The lowest BCUT2D eigenvalue weighted by molar-refractivity contribution is -0.141. The van der Waals surface area contributed by atoms with Crippen molar-refractivity contribution in [3.05, 3.63) is 71.2 Å². The SMILES string of the molecule is FC(F)(F)c1ccc(Oc2ccc(C3=CC(Cl)=CN4CCSN=C34)cc2)cn1. The third-order valence-electron chi connectivity index (χ3n) is 4.08. The number of benzene rings is 1. The van der Waals surface area contributed by atoms with Crippen LogP contribution in [0.2, 0.25) is 0 Å². The summed E-state index contributed by atoms with van der Waals surface area (Å²) in [7, 11) is 0. The van der Waals surface area contributed by atoms with Gasteiger partial charge in [0.15, 0.2) is 0 Å². The predicted molar refractivity (Wildman–Crippen MR) is 104 cm³/mol. The van der Waals surface area contributed by atoms with E-state index in [2.05, 4.69) is 9.38 Å². The van der Waals surface area contributed by atoms with Gasteiger partial charge >= 0.3 is 6.18 Å². The highest BCUT2D eigenvalue weighted by molar-refractivity contribution is 7.98. The van der Waals surface area contributed by atoms with E-state index in [4.69, 9.17) is 16.3 Å². The van der Waals surface area contributed by atoms with Crippen LogP contribution in [0.3, 0.4) is 0 Å². The average Bonchev–Trinajstić information content (AvgIpc) is 2.68. The summed E-state index contributed by atoms with van der Waals surface area (Å²) in [5.41, 5.74) is 0.859. The number of hydrogen-bond donors (Lipinski definition) is 0. The van der Waals surface area contributed by atoms with Crippen molar-refractivity contribution in [2.75, 3.05) is 12.3 Å². The molecule has 9 heteroatoms. The summed E-state index contributed by atoms with van der Waals surface area (Å²) in [4.78, 5) is 5.41. The molecule has 2 aliphatic heterocycles. The number of aromatic nitrogens is 1. The van der Waals surface area contributed by atoms with Crippen molar-refractivity contribution in [3.63, 3.8) is 0 Å². The van der Waals surface area contributed by atoms with E-state index in [1.54, 1.807) is 12.1 Å². The van der Waals surface area contributed by atoms with Crippen molar-refractivity contribution < 1.29 is 17.9 Å². The maximum atomic E-state index is 12.6. The fraction of sp³-hybridized carbons (Fsp3) is 0.158. The first-order chi connectivity index (χ1) is 13.4. The maximum absolute atomic E-state index is 12.6. The van der Waals surface area contributed by atoms with Crippen molar-refractivity contribution in [2.24, 2.45) is 4.40 Å². The van der Waals surface area contributed by atoms with Crippen LogP contribution in [-0.2, 0) is 6.18 Å². The summed E-state index contributed by atoms with van der Waals surface area (Å²) < 4.78 is 47.8. The highest BCUT2D eigenvalue weighted by Gasteiger charge is 2.32. The molecule has 0 unspecified atom stereocenters. The van der Waals surface area contributed by atoms with E-state index >= 15 is 0 Å². The van der Waals surface area contributed by atoms with E-state index in [9.17, 15) is 13.2 Å². The Hall–Kier alpha value is -2.45. The third kappa shape index (κ3) is 4.02. The van der Waals surface area contributed by atoms with E-state index in [1.807, 2.05) is 29.3 Å². The zero-order valence-corrected chi connectivity index (χ0v) is 15.9. The van der Waals surface area contributed by atoms with Crippen LogP contribution in [0.1, 0.15) is 11.3 Å². The topological polar surface area (TPSA) is 37.7 Å². The van der Waals surface area contributed by atoms with Crippen molar-refractivity contribution in [1.29, 1.82) is 0 Å². The molecule has 0 fully saturated rings. The second kappa shape index (κ2) is 7.52. The number of hydrogen-bond acceptors (Lipinski definition) is 5. The van der Waals surface area contributed by atoms with E-state index < -0.39 is 11.9 Å². The Bertz CT molecular complexity index is 969. The van der Waals surface area contributed by atoms with Gasteiger partial charge in [0.05, 0.1) is 11.2 Å². The predicted octanol–water partition coefficient (Wildman–Crippen LogP) is 5.73. The molecule has 0 radical (unpaired) electrons. The molecule has 144 valence electrons. The number of nitrogens with zero attached hydrogens (tertiary/aromatic N) is 3. The van der Waals surface area contributed by atoms with E-state index in [1.165, 1.54) is 18.0 Å². The van der Waals surface area contributed by atoms with Crippen LogP contribution in [0.4, 0.5) is 13.2 Å². The van der Waals surface area contributed by atoms with Gasteiger partial charge in [0, 0.05) is 24.1 Å². The fourth-order valence-corrected chi connectivity index (χ4v) is 3.70. The molecular formula is C19H13ClF3N3OS. The molecule has 0 amide bonds. The Kier molecular flexibility index (Phi) is 5.07. The van der Waals surface area contributed by atoms with Crippen LogP contribution >= 0.6 is 23.5 Å². The van der Waals surface area contributed by atoms with Gasteiger partial charge in [-0.05, 0) is 47.9 Å². The van der Waals surface area contributed by atoms with Gasteiger partial charge in [-0.1, -0.05) is 23.7 Å². The molecule has 28 heavy (non-hydrogen) atoms. The zero-order chi connectivity index (χ0) is 19.7. The summed E-state index contributed by atoms with van der Waals surface area (Å²) in [6, 6.07) is 9.31. The minimum Gasteiger partial charge on any atom is -0.456 e. The summed E-state index contributed by atoms with van der Waals surface area (Å²) in [5.74, 6) is 2.45. The Morgan fingerprint density at radius 3 is 2.50 bits per heavy atom. The summed E-state index contributed by atoms with van der Waals surface area (Å²) in [6.45, 7) is 0.833. The maximum Gasteiger partial charge on any atom is 0.433 e. The van der Waals surface area contributed by atoms with Gasteiger partial charge in [-0.3, -0.25) is 0 Å². The molecule has 4 nitrogen and oxygen atoms in total. The number of halogens is 4. The van der Waals surface area contributed by atoms with Gasteiger partial charge in [0.1, 0.15) is 23.0 Å². The molecule has 0 aliphatic carbocycles. The van der Waals surface area contributed by atoms with Gasteiger partial charge in [-0.25, -0.2) is 4.98 Å². The number of rotatable bonds is 3. The highest BCUT2D eigenvalue weighted by Crippen LogP contribution is 2.33. The molecule has 3 heterocycles. The molecule has 1 aromatic heterocycles. The minimum atomic E-state index is -4.47. The van der Waals surface area contributed by atoms with Crippen LogP contribution in [-0.4, -0.2) is 28.0 Å². The first-order valence-electron chi connectivity index (χ1n) is 8.28. The average molecular weight is 424 g/mol. The Balaban J connectivity index is 1.53. The van der Waals surface area contributed by atoms with Crippen molar-refractivity contribution in [2.45, 2.75) is 6.18 Å². The lowest BCUT2D eigenvalue weighted by Crippen LogP contribution is -2.33. The first kappa shape index (κ1) is 18.9. The zero-order valence-electron chi connectivity index (χ0n) is 14.3. The first-order valence-corrected chi connectivity index (χ1v) is 9.60. The van der Waals surface area contributed by atoms with Crippen LogP contribution in [0.25, 0.3) is 5.57 Å². The van der Waals surface area contributed by atoms with E-state index in [0.29, 0.717) is 10.8 Å². The molecule has 0 N–H and O–H groups in total. The third-order valence-corrected chi connectivity index (χ3v) is 4.95. The Labute approximate surface area is 168 Å². The Morgan fingerprint density at radius 2 is 1.82 bits per heavy atom. The van der Waals surface area contributed by atoms with Gasteiger partial charge in [0.2, 0.25) is 0 Å². The number of ether oxygens (including phenoxy) is 1. The van der Waals surface area contributed by atoms with Gasteiger partial charge in [-0.15, -0.1) is 0 Å².